The molecule has 0 spiro atoms. The van der Waals surface area contributed by atoms with E-state index >= 15 is 0 Å². The number of nitrogens with two attached hydrogens (primary N) is 2. The number of methoxy groups -OCH3 is 1. The lowest BCUT2D eigenvalue weighted by molar-refractivity contribution is -0.218. The van der Waals surface area contributed by atoms with Crippen LogP contribution in [0.3, 0.4) is 0 Å². The summed E-state index contributed by atoms with van der Waals surface area (Å²) in [4.78, 5) is 47.6. The second-order valence-corrected chi connectivity index (χ2v) is 13.8. The van der Waals surface area contributed by atoms with E-state index < -0.39 is 35.7 Å². The van der Waals surface area contributed by atoms with Gasteiger partial charge in [-0.25, -0.2) is 0 Å². The van der Waals surface area contributed by atoms with E-state index in [1.807, 2.05) is 69.3 Å². The first kappa shape index (κ1) is 34.4. The highest BCUT2D eigenvalue weighted by atomic mass is 16.7. The molecule has 1 unspecified atom stereocenters. The normalized spacial score (nSPS) is 26.4. The maximum absolute atomic E-state index is 14.8. The van der Waals surface area contributed by atoms with Crippen LogP contribution in [-0.4, -0.2) is 76.4 Å². The molecule has 0 aromatic heterocycles. The number of epoxide rings is 1. The summed E-state index contributed by atoms with van der Waals surface area (Å²) in [5, 5.41) is 13.1. The fourth-order valence-electron chi connectivity index (χ4n) is 6.63. The van der Waals surface area contributed by atoms with Crippen molar-refractivity contribution in [3.63, 3.8) is 0 Å². The fraction of sp³-hybridized carbons (Fsp3) is 0.528. The van der Waals surface area contributed by atoms with Crippen LogP contribution >= 0.6 is 0 Å². The molecule has 11 nitrogen and oxygen atoms in total. The lowest BCUT2D eigenvalue weighted by atomic mass is 9.70. The Bertz CT molecular complexity index is 1530. The first-order valence-corrected chi connectivity index (χ1v) is 16.2. The number of rotatable bonds is 13. The van der Waals surface area contributed by atoms with E-state index in [1.54, 1.807) is 12.0 Å². The molecule has 2 heterocycles. The van der Waals surface area contributed by atoms with Crippen molar-refractivity contribution in [1.82, 2.24) is 9.96 Å². The number of aliphatic hydroxyl groups is 1. The summed E-state index contributed by atoms with van der Waals surface area (Å²) in [6.45, 7) is 6.86. The minimum Gasteiger partial charge on any atom is -0.497 e. The largest absolute Gasteiger partial charge is 0.497 e. The molecule has 3 fully saturated rings. The number of primary amides is 2. The van der Waals surface area contributed by atoms with Gasteiger partial charge in [0.2, 0.25) is 11.8 Å². The van der Waals surface area contributed by atoms with Crippen molar-refractivity contribution in [1.29, 1.82) is 0 Å². The number of nitrogens with zero attached hydrogens (tertiary/aromatic N) is 2. The maximum atomic E-state index is 14.8. The standard InChI is InChI=1S/C36H46N4O7/c1-35(2,3)18-17-24-10-7-8-11-25(24)22-40-30(29-31(42)32-27(46-32)20-36(29,47-40)34(38)44)33(43)39(19-9-5-6-12-28(37)41)21-23-13-15-26(45-4)16-14-23/h7-8,10-11,13-16,27,29-32,42H,5-6,9,12,19-22H2,1-4H3,(H2,37,41)(H2,38,44)/t27-,29+,30-,31?,32+,36-/m0/s1. The van der Waals surface area contributed by atoms with E-state index in [-0.39, 0.29) is 49.3 Å². The van der Waals surface area contributed by atoms with Crippen LogP contribution in [0.4, 0.5) is 0 Å². The zero-order chi connectivity index (χ0) is 33.9. The van der Waals surface area contributed by atoms with Gasteiger partial charge in [-0.2, -0.15) is 5.06 Å². The van der Waals surface area contributed by atoms with Gasteiger partial charge in [0.1, 0.15) is 17.9 Å². The average Bonchev–Trinajstić information content (AvgIpc) is 3.72. The molecule has 5 rings (SSSR count). The highest BCUT2D eigenvalue weighted by molar-refractivity contribution is 5.89. The van der Waals surface area contributed by atoms with Crippen molar-refractivity contribution in [2.45, 2.75) is 95.9 Å². The highest BCUT2D eigenvalue weighted by Gasteiger charge is 2.72. The van der Waals surface area contributed by atoms with Crippen molar-refractivity contribution in [2.75, 3.05) is 13.7 Å². The number of fused-ring (bicyclic) bond motifs is 2. The van der Waals surface area contributed by atoms with Crippen molar-refractivity contribution >= 4 is 17.7 Å². The molecule has 1 saturated carbocycles. The van der Waals surface area contributed by atoms with Crippen LogP contribution in [-0.2, 0) is 37.0 Å². The summed E-state index contributed by atoms with van der Waals surface area (Å²) < 4.78 is 11.0. The van der Waals surface area contributed by atoms with E-state index in [9.17, 15) is 19.5 Å². The van der Waals surface area contributed by atoms with Crippen molar-refractivity contribution in [3.8, 4) is 17.6 Å². The monoisotopic (exact) mass is 646 g/mol. The second kappa shape index (κ2) is 14.0. The molecule has 2 aliphatic heterocycles. The Kier molecular flexibility index (Phi) is 10.3. The predicted molar refractivity (Wildman–Crippen MR) is 174 cm³/mol. The molecule has 252 valence electrons. The van der Waals surface area contributed by atoms with Crippen LogP contribution in [0.2, 0.25) is 0 Å². The number of hydroxylamine groups is 2. The van der Waals surface area contributed by atoms with Crippen LogP contribution < -0.4 is 16.2 Å². The number of aliphatic hydroxyl groups excluding tert-OH is 1. The maximum Gasteiger partial charge on any atom is 0.252 e. The van der Waals surface area contributed by atoms with E-state index in [0.717, 1.165) is 16.7 Å². The summed E-state index contributed by atoms with van der Waals surface area (Å²) in [5.74, 6) is 4.86. The highest BCUT2D eigenvalue weighted by Crippen LogP contribution is 2.53. The third-order valence-corrected chi connectivity index (χ3v) is 9.08. The topological polar surface area (TPSA) is 161 Å². The second-order valence-electron chi connectivity index (χ2n) is 13.8. The van der Waals surface area contributed by atoms with Crippen LogP contribution in [0.5, 0.6) is 5.75 Å². The number of hydrogen-bond donors (Lipinski definition) is 3. The van der Waals surface area contributed by atoms with Crippen molar-refractivity contribution < 1.29 is 33.8 Å². The molecule has 2 saturated heterocycles. The Morgan fingerprint density at radius 3 is 2.47 bits per heavy atom. The Hall–Kier alpha value is -3.95. The molecule has 47 heavy (non-hydrogen) atoms. The SMILES string of the molecule is COc1ccc(CN(CCCCCC(N)=O)C(=O)[C@@H]2[C@@H]3C(O)[C@@H]4O[C@H]4C[C@]3(C(N)=O)ON2Cc2ccccc2C#CC(C)(C)C)cc1. The van der Waals surface area contributed by atoms with E-state index in [2.05, 4.69) is 11.8 Å². The zero-order valence-electron chi connectivity index (χ0n) is 27.6. The van der Waals surface area contributed by atoms with Crippen LogP contribution in [0.15, 0.2) is 48.5 Å². The van der Waals surface area contributed by atoms with Crippen molar-refractivity contribution in [3.05, 3.63) is 65.2 Å². The number of amides is 3. The minimum atomic E-state index is -1.63. The van der Waals surface area contributed by atoms with Gasteiger partial charge in [-0.05, 0) is 62.9 Å². The first-order chi connectivity index (χ1) is 22.3. The number of carbonyl (C=O) groups excluding carboxylic acids is 3. The lowest BCUT2D eigenvalue weighted by Gasteiger charge is -2.37. The quantitative estimate of drug-likeness (QED) is 0.170. The third-order valence-electron chi connectivity index (χ3n) is 9.08. The van der Waals surface area contributed by atoms with Gasteiger partial charge in [-0.3, -0.25) is 19.2 Å². The summed E-state index contributed by atoms with van der Waals surface area (Å²) >= 11 is 0. The van der Waals surface area contributed by atoms with Gasteiger partial charge in [0.05, 0.1) is 31.8 Å². The summed E-state index contributed by atoms with van der Waals surface area (Å²) in [7, 11) is 1.59. The van der Waals surface area contributed by atoms with Crippen LogP contribution in [0, 0.1) is 23.2 Å². The molecule has 11 heteroatoms. The van der Waals surface area contributed by atoms with Gasteiger partial charge in [0, 0.05) is 36.9 Å². The number of carbonyl (C=O) groups is 3. The lowest BCUT2D eigenvalue weighted by Crippen LogP contribution is -2.60. The van der Waals surface area contributed by atoms with Crippen molar-refractivity contribution in [2.24, 2.45) is 22.8 Å². The average molecular weight is 647 g/mol. The van der Waals surface area contributed by atoms with Crippen LogP contribution in [0.25, 0.3) is 0 Å². The molecule has 1 aliphatic carbocycles. The Balaban J connectivity index is 1.51. The van der Waals surface area contributed by atoms with E-state index in [4.69, 9.17) is 25.8 Å². The number of ether oxygens (including phenoxy) is 2. The molecule has 3 aliphatic rings. The molecule has 0 bridgehead atoms. The summed E-state index contributed by atoms with van der Waals surface area (Å²) in [5.41, 5.74) is 12.0. The molecule has 5 N–H and O–H groups in total. The predicted octanol–water partition coefficient (Wildman–Crippen LogP) is 2.66. The summed E-state index contributed by atoms with van der Waals surface area (Å²) in [6, 6.07) is 14.0. The Morgan fingerprint density at radius 2 is 1.81 bits per heavy atom. The van der Waals surface area contributed by atoms with Gasteiger partial charge in [-0.1, -0.05) is 48.6 Å². The molecule has 0 radical (unpaired) electrons. The third kappa shape index (κ3) is 7.79. The molecule has 2 aromatic carbocycles. The number of unbranched alkanes of at least 4 members (excludes halogenated alkanes) is 2. The van der Waals surface area contributed by atoms with E-state index in [1.165, 1.54) is 5.06 Å². The molecular formula is C36H46N4O7. The fourth-order valence-corrected chi connectivity index (χ4v) is 6.63. The molecule has 3 amide bonds. The molecular weight excluding hydrogens is 600 g/mol. The molecule has 2 aromatic rings. The zero-order valence-corrected chi connectivity index (χ0v) is 27.6. The number of hydrogen-bond acceptors (Lipinski definition) is 8. The Morgan fingerprint density at radius 1 is 1.09 bits per heavy atom. The summed E-state index contributed by atoms with van der Waals surface area (Å²) in [6.07, 6.45) is 0.310. The van der Waals surface area contributed by atoms with Gasteiger partial charge < -0.3 is 30.9 Å². The van der Waals surface area contributed by atoms with E-state index in [0.29, 0.717) is 31.6 Å². The number of benzene rings is 2. The van der Waals surface area contributed by atoms with Crippen LogP contribution in [0.1, 0.15) is 69.6 Å². The smallest absolute Gasteiger partial charge is 0.252 e. The van der Waals surface area contributed by atoms with Gasteiger partial charge in [-0.15, -0.1) is 0 Å². The van der Waals surface area contributed by atoms with Gasteiger partial charge in [0.15, 0.2) is 5.60 Å². The van der Waals surface area contributed by atoms with Gasteiger partial charge in [0.25, 0.3) is 5.91 Å². The Labute approximate surface area is 276 Å². The van der Waals surface area contributed by atoms with Gasteiger partial charge >= 0.3 is 0 Å². The minimum absolute atomic E-state index is 0.134. The first-order valence-electron chi connectivity index (χ1n) is 16.2. The molecule has 6 atom stereocenters.